The molecule has 1 N–H and O–H groups in total. The van der Waals surface area contributed by atoms with Crippen LogP contribution in [0.25, 0.3) is 6.08 Å². The Labute approximate surface area is 144 Å². The molecule has 0 aliphatic rings. The summed E-state index contributed by atoms with van der Waals surface area (Å²) in [6.07, 6.45) is 2.80. The van der Waals surface area contributed by atoms with Crippen molar-refractivity contribution in [3.63, 3.8) is 0 Å². The van der Waals surface area contributed by atoms with Crippen LogP contribution in [-0.2, 0) is 18.4 Å². The summed E-state index contributed by atoms with van der Waals surface area (Å²) in [5, 5.41) is 2.33. The van der Waals surface area contributed by atoms with Crippen molar-refractivity contribution >= 4 is 54.4 Å². The van der Waals surface area contributed by atoms with E-state index in [-0.39, 0.29) is 0 Å². The van der Waals surface area contributed by atoms with Gasteiger partial charge >= 0.3 is 7.60 Å². The van der Waals surface area contributed by atoms with Crippen LogP contribution in [0.2, 0.25) is 0 Å². The minimum atomic E-state index is -3.82. The molecule has 0 radical (unpaired) electrons. The molecule has 0 unspecified atom stereocenters. The van der Waals surface area contributed by atoms with Crippen LogP contribution < -0.4 is 5.32 Å². The van der Waals surface area contributed by atoms with E-state index in [2.05, 4.69) is 5.32 Å². The Balaban J connectivity index is 2.89. The Hall–Kier alpha value is -0.550. The summed E-state index contributed by atoms with van der Waals surface area (Å²) in [4.78, 5) is 11.9. The SMILES string of the molecule is COP(=O)(OC)[C@@H](NC(=O)/C=C/c1ccccc1)C(Cl)(Cl)Cl. The van der Waals surface area contributed by atoms with E-state index in [1.54, 1.807) is 6.08 Å². The Morgan fingerprint density at radius 2 is 1.77 bits per heavy atom. The van der Waals surface area contributed by atoms with Crippen molar-refractivity contribution in [3.8, 4) is 0 Å². The second-order valence-electron chi connectivity index (χ2n) is 4.10. The number of hydrogen-bond acceptors (Lipinski definition) is 4. The van der Waals surface area contributed by atoms with Gasteiger partial charge in [-0.3, -0.25) is 9.36 Å². The highest BCUT2D eigenvalue weighted by molar-refractivity contribution is 7.55. The predicted octanol–water partition coefficient (Wildman–Crippen LogP) is 4.00. The first-order valence-electron chi connectivity index (χ1n) is 6.04. The highest BCUT2D eigenvalue weighted by atomic mass is 35.6. The fourth-order valence-corrected chi connectivity index (χ4v) is 4.00. The van der Waals surface area contributed by atoms with E-state index in [4.69, 9.17) is 43.9 Å². The van der Waals surface area contributed by atoms with Crippen molar-refractivity contribution in [1.29, 1.82) is 0 Å². The number of rotatable bonds is 6. The summed E-state index contributed by atoms with van der Waals surface area (Å²) in [7, 11) is -1.55. The quantitative estimate of drug-likeness (QED) is 0.456. The van der Waals surface area contributed by atoms with Crippen LogP contribution in [0, 0.1) is 0 Å². The van der Waals surface area contributed by atoms with Crippen molar-refractivity contribution in [3.05, 3.63) is 42.0 Å². The molecule has 1 amide bonds. The standard InChI is InChI=1S/C13H15Cl3NO4P/c1-20-22(19,21-2)12(13(14,15)16)17-11(18)9-8-10-6-4-3-5-7-10/h3-9,12H,1-2H3,(H,17,18)/b9-8+/t12-/m1/s1. The topological polar surface area (TPSA) is 64.6 Å². The first-order valence-corrected chi connectivity index (χ1v) is 8.79. The van der Waals surface area contributed by atoms with Crippen molar-refractivity contribution in [1.82, 2.24) is 5.32 Å². The maximum absolute atomic E-state index is 12.4. The van der Waals surface area contributed by atoms with Crippen LogP contribution >= 0.6 is 42.4 Å². The van der Waals surface area contributed by atoms with Crippen LogP contribution in [0.4, 0.5) is 0 Å². The number of carbonyl (C=O) groups is 1. The fourth-order valence-electron chi connectivity index (χ4n) is 1.54. The molecule has 122 valence electrons. The molecule has 1 aromatic carbocycles. The van der Waals surface area contributed by atoms with E-state index in [9.17, 15) is 9.36 Å². The van der Waals surface area contributed by atoms with Crippen molar-refractivity contribution in [2.24, 2.45) is 0 Å². The number of hydrogen-bond donors (Lipinski definition) is 1. The van der Waals surface area contributed by atoms with Crippen LogP contribution in [0.15, 0.2) is 36.4 Å². The Morgan fingerprint density at radius 1 is 1.23 bits per heavy atom. The molecule has 0 aliphatic carbocycles. The summed E-state index contributed by atoms with van der Waals surface area (Å²) in [6, 6.07) is 9.12. The van der Waals surface area contributed by atoms with Crippen LogP contribution in [0.5, 0.6) is 0 Å². The van der Waals surface area contributed by atoms with Crippen molar-refractivity contribution < 1.29 is 18.4 Å². The summed E-state index contributed by atoms with van der Waals surface area (Å²) in [5.41, 5.74) is 0.810. The van der Waals surface area contributed by atoms with E-state index >= 15 is 0 Å². The summed E-state index contributed by atoms with van der Waals surface area (Å²) in [6.45, 7) is 0. The summed E-state index contributed by atoms with van der Waals surface area (Å²) >= 11 is 17.3. The molecule has 0 heterocycles. The predicted molar refractivity (Wildman–Crippen MR) is 89.3 cm³/mol. The molecule has 22 heavy (non-hydrogen) atoms. The third-order valence-electron chi connectivity index (χ3n) is 2.64. The lowest BCUT2D eigenvalue weighted by Crippen LogP contribution is -2.43. The molecular formula is C13H15Cl3NO4P. The Kier molecular flexibility index (Phi) is 7.39. The molecule has 1 atom stereocenters. The maximum Gasteiger partial charge on any atom is 0.356 e. The fraction of sp³-hybridized carbons (Fsp3) is 0.308. The lowest BCUT2D eigenvalue weighted by atomic mass is 10.2. The van der Waals surface area contributed by atoms with Crippen LogP contribution in [0.3, 0.4) is 0 Å². The zero-order valence-corrected chi connectivity index (χ0v) is 15.0. The zero-order chi connectivity index (χ0) is 16.8. The van der Waals surface area contributed by atoms with E-state index in [1.807, 2.05) is 30.3 Å². The van der Waals surface area contributed by atoms with Crippen LogP contribution in [0.1, 0.15) is 5.56 Å². The van der Waals surface area contributed by atoms with Crippen LogP contribution in [-0.4, -0.2) is 29.7 Å². The first-order chi connectivity index (χ1) is 10.2. The van der Waals surface area contributed by atoms with Crippen molar-refractivity contribution in [2.45, 2.75) is 9.58 Å². The van der Waals surface area contributed by atoms with Gasteiger partial charge < -0.3 is 14.4 Å². The minimum Gasteiger partial charge on any atom is -0.335 e. The molecule has 1 aromatic rings. The van der Waals surface area contributed by atoms with Gasteiger partial charge in [-0.25, -0.2) is 0 Å². The average Bonchev–Trinajstić information content (AvgIpc) is 2.50. The molecule has 0 saturated carbocycles. The maximum atomic E-state index is 12.4. The number of alkyl halides is 3. The highest BCUT2D eigenvalue weighted by Crippen LogP contribution is 2.57. The molecule has 0 saturated heterocycles. The van der Waals surface area contributed by atoms with Gasteiger partial charge in [-0.15, -0.1) is 0 Å². The number of carbonyl (C=O) groups excluding carboxylic acids is 1. The van der Waals surface area contributed by atoms with Gasteiger partial charge in [-0.05, 0) is 11.6 Å². The van der Waals surface area contributed by atoms with E-state index in [0.717, 1.165) is 19.8 Å². The van der Waals surface area contributed by atoms with Gasteiger partial charge in [-0.1, -0.05) is 65.1 Å². The largest absolute Gasteiger partial charge is 0.356 e. The molecule has 0 fully saturated rings. The molecule has 5 nitrogen and oxygen atoms in total. The summed E-state index contributed by atoms with van der Waals surface area (Å²) in [5.74, 6) is -2.05. The third-order valence-corrected chi connectivity index (χ3v) is 5.92. The molecule has 0 bridgehead atoms. The van der Waals surface area contributed by atoms with Gasteiger partial charge in [0.1, 0.15) is 0 Å². The molecule has 0 spiro atoms. The number of nitrogens with one attached hydrogen (secondary N) is 1. The molecule has 9 heteroatoms. The zero-order valence-electron chi connectivity index (χ0n) is 11.8. The lowest BCUT2D eigenvalue weighted by molar-refractivity contribution is -0.116. The Morgan fingerprint density at radius 3 is 2.23 bits per heavy atom. The lowest BCUT2D eigenvalue weighted by Gasteiger charge is -2.29. The molecular weight excluding hydrogens is 371 g/mol. The van der Waals surface area contributed by atoms with Gasteiger partial charge in [0.2, 0.25) is 9.70 Å². The van der Waals surface area contributed by atoms with E-state index in [0.29, 0.717) is 0 Å². The number of halogens is 3. The minimum absolute atomic E-state index is 0.602. The monoisotopic (exact) mass is 385 g/mol. The number of benzene rings is 1. The second-order valence-corrected chi connectivity index (χ2v) is 8.80. The molecule has 0 aromatic heterocycles. The second kappa shape index (κ2) is 8.34. The number of amides is 1. The van der Waals surface area contributed by atoms with Gasteiger partial charge in [0.05, 0.1) is 0 Å². The molecule has 0 aliphatic heterocycles. The smallest absolute Gasteiger partial charge is 0.335 e. The van der Waals surface area contributed by atoms with Gasteiger partial charge in [0, 0.05) is 20.3 Å². The first kappa shape index (κ1) is 19.5. The van der Waals surface area contributed by atoms with E-state index < -0.39 is 23.1 Å². The average molecular weight is 387 g/mol. The van der Waals surface area contributed by atoms with Gasteiger partial charge in [0.25, 0.3) is 0 Å². The van der Waals surface area contributed by atoms with E-state index in [1.165, 1.54) is 6.08 Å². The van der Waals surface area contributed by atoms with Crippen molar-refractivity contribution in [2.75, 3.05) is 14.2 Å². The third kappa shape index (κ3) is 5.58. The Bertz CT molecular complexity index is 566. The van der Waals surface area contributed by atoms with Gasteiger partial charge in [0.15, 0.2) is 5.78 Å². The van der Waals surface area contributed by atoms with Gasteiger partial charge in [-0.2, -0.15) is 0 Å². The summed E-state index contributed by atoms with van der Waals surface area (Å²) < 4.78 is 19.9. The highest BCUT2D eigenvalue weighted by Gasteiger charge is 2.48. The normalized spacial score (nSPS) is 14.0. The molecule has 1 rings (SSSR count).